The molecule has 134 valence electrons. The molecule has 4 nitrogen and oxygen atoms in total. The average Bonchev–Trinajstić information content (AvgIpc) is 2.92. The van der Waals surface area contributed by atoms with Crippen molar-refractivity contribution in [3.8, 4) is 0 Å². The lowest BCUT2D eigenvalue weighted by Crippen LogP contribution is -2.53. The Morgan fingerprint density at radius 2 is 2.08 bits per heavy atom. The van der Waals surface area contributed by atoms with Gasteiger partial charge in [-0.2, -0.15) is 0 Å². The summed E-state index contributed by atoms with van der Waals surface area (Å²) >= 11 is 0. The van der Waals surface area contributed by atoms with E-state index in [1.54, 1.807) is 0 Å². The highest BCUT2D eigenvalue weighted by Gasteiger charge is 2.55. The Balaban J connectivity index is 1.87. The van der Waals surface area contributed by atoms with E-state index < -0.39 is 12.2 Å². The van der Waals surface area contributed by atoms with Crippen LogP contribution in [0, 0.1) is 22.7 Å². The predicted octanol–water partition coefficient (Wildman–Crippen LogP) is 2.99. The molecule has 0 bridgehead atoms. The third-order valence-electron chi connectivity index (χ3n) is 6.98. The Labute approximate surface area is 144 Å². The molecular weight excluding hydrogens is 304 g/mol. The van der Waals surface area contributed by atoms with Gasteiger partial charge in [-0.15, -0.1) is 0 Å². The molecule has 2 saturated carbocycles. The quantitative estimate of drug-likeness (QED) is 0.615. The number of aliphatic hydroxyl groups is 2. The van der Waals surface area contributed by atoms with Crippen molar-refractivity contribution in [1.29, 1.82) is 0 Å². The number of fused-ring (bicyclic) bond motifs is 1. The van der Waals surface area contributed by atoms with Gasteiger partial charge in [0.05, 0.1) is 12.2 Å². The van der Waals surface area contributed by atoms with Gasteiger partial charge >= 0.3 is 5.97 Å². The summed E-state index contributed by atoms with van der Waals surface area (Å²) in [6.07, 6.45) is 4.88. The normalized spacial score (nSPS) is 39.9. The van der Waals surface area contributed by atoms with Crippen LogP contribution in [0.5, 0.6) is 0 Å². The van der Waals surface area contributed by atoms with Crippen LogP contribution < -0.4 is 0 Å². The van der Waals surface area contributed by atoms with Crippen LogP contribution in [0.4, 0.5) is 0 Å². The van der Waals surface area contributed by atoms with Gasteiger partial charge in [0.1, 0.15) is 6.61 Å². The van der Waals surface area contributed by atoms with Gasteiger partial charge in [0, 0.05) is 11.6 Å². The molecule has 0 spiro atoms. The molecule has 2 fully saturated rings. The summed E-state index contributed by atoms with van der Waals surface area (Å²) in [6.45, 7) is 11.3. The number of esters is 1. The Hall–Kier alpha value is -1.13. The molecule has 0 aromatic heterocycles. The van der Waals surface area contributed by atoms with Crippen LogP contribution in [0.1, 0.15) is 52.9 Å². The summed E-state index contributed by atoms with van der Waals surface area (Å²) in [5.41, 5.74) is 1.70. The predicted molar refractivity (Wildman–Crippen MR) is 92.1 cm³/mol. The van der Waals surface area contributed by atoms with E-state index >= 15 is 0 Å². The van der Waals surface area contributed by atoms with Crippen LogP contribution in [0.3, 0.4) is 0 Å². The third kappa shape index (κ3) is 2.84. The number of hydrogen-bond acceptors (Lipinski definition) is 4. The van der Waals surface area contributed by atoms with Crippen molar-refractivity contribution >= 4 is 5.97 Å². The number of cyclic esters (lactones) is 1. The highest BCUT2D eigenvalue weighted by Crippen LogP contribution is 2.61. The maximum atomic E-state index is 11.3. The second-order valence-electron chi connectivity index (χ2n) is 8.86. The van der Waals surface area contributed by atoms with E-state index in [2.05, 4.69) is 27.4 Å². The molecule has 0 amide bonds. The molecule has 3 rings (SSSR count). The summed E-state index contributed by atoms with van der Waals surface area (Å²) in [5.74, 6) is 0.0822. The minimum absolute atomic E-state index is 0.0308. The van der Waals surface area contributed by atoms with E-state index in [0.29, 0.717) is 17.9 Å². The number of aliphatic hydroxyl groups excluding tert-OH is 2. The largest absolute Gasteiger partial charge is 0.458 e. The Morgan fingerprint density at radius 3 is 2.71 bits per heavy atom. The lowest BCUT2D eigenvalue weighted by atomic mass is 9.46. The average molecular weight is 334 g/mol. The van der Waals surface area contributed by atoms with Crippen LogP contribution in [0.2, 0.25) is 0 Å². The first kappa shape index (κ1) is 17.7. The third-order valence-corrected chi connectivity index (χ3v) is 6.98. The molecule has 24 heavy (non-hydrogen) atoms. The number of ether oxygens (including phenoxy) is 1. The van der Waals surface area contributed by atoms with Crippen molar-refractivity contribution in [1.82, 2.24) is 0 Å². The number of carbonyl (C=O) groups excluding carboxylic acids is 1. The van der Waals surface area contributed by atoms with Gasteiger partial charge < -0.3 is 14.9 Å². The molecule has 0 radical (unpaired) electrons. The molecule has 4 heteroatoms. The first-order valence-electron chi connectivity index (χ1n) is 9.07. The lowest BCUT2D eigenvalue weighted by Gasteiger charge is -2.59. The zero-order valence-electron chi connectivity index (χ0n) is 15.0. The van der Waals surface area contributed by atoms with Crippen LogP contribution in [0.25, 0.3) is 0 Å². The molecule has 0 aromatic carbocycles. The van der Waals surface area contributed by atoms with Gasteiger partial charge in [-0.3, -0.25) is 0 Å². The minimum Gasteiger partial charge on any atom is -0.458 e. The van der Waals surface area contributed by atoms with Gasteiger partial charge in [-0.25, -0.2) is 4.79 Å². The van der Waals surface area contributed by atoms with E-state index in [4.69, 9.17) is 4.74 Å². The zero-order chi connectivity index (χ0) is 17.7. The van der Waals surface area contributed by atoms with E-state index in [9.17, 15) is 15.0 Å². The number of rotatable bonds is 3. The standard InChI is InChI=1S/C20H30O4/c1-12-14(9-16(22)13-8-18(23)24-11-13)20(4)7-5-6-19(2,3)17(20)10-15(12)21/h8,14-17,21-22H,1,5-7,9-11H2,2-4H3/t14-,15+,16+,17-,20+/m0/s1. The topological polar surface area (TPSA) is 66.8 Å². The van der Waals surface area contributed by atoms with Crippen molar-refractivity contribution in [2.75, 3.05) is 6.61 Å². The van der Waals surface area contributed by atoms with E-state index in [-0.39, 0.29) is 29.3 Å². The van der Waals surface area contributed by atoms with Crippen molar-refractivity contribution in [2.24, 2.45) is 22.7 Å². The van der Waals surface area contributed by atoms with Gasteiger partial charge in [0.25, 0.3) is 0 Å². The monoisotopic (exact) mass is 334 g/mol. The first-order chi connectivity index (χ1) is 11.1. The summed E-state index contributed by atoms with van der Waals surface area (Å²) < 4.78 is 4.93. The Bertz CT molecular complexity index is 576. The summed E-state index contributed by atoms with van der Waals surface area (Å²) in [6, 6.07) is 0. The van der Waals surface area contributed by atoms with Crippen molar-refractivity contribution < 1.29 is 19.7 Å². The fraction of sp³-hybridized carbons (Fsp3) is 0.750. The summed E-state index contributed by atoms with van der Waals surface area (Å²) in [5, 5.41) is 21.2. The smallest absolute Gasteiger partial charge is 0.331 e. The second-order valence-corrected chi connectivity index (χ2v) is 8.86. The maximum Gasteiger partial charge on any atom is 0.331 e. The van der Waals surface area contributed by atoms with Crippen molar-refractivity contribution in [2.45, 2.75) is 65.1 Å². The lowest BCUT2D eigenvalue weighted by molar-refractivity contribution is -0.135. The molecule has 3 aliphatic rings. The molecule has 2 aliphatic carbocycles. The van der Waals surface area contributed by atoms with Crippen molar-refractivity contribution in [3.63, 3.8) is 0 Å². The fourth-order valence-corrected chi connectivity index (χ4v) is 5.58. The number of hydrogen-bond donors (Lipinski definition) is 2. The van der Waals surface area contributed by atoms with Crippen LogP contribution in [0.15, 0.2) is 23.8 Å². The summed E-state index contributed by atoms with van der Waals surface area (Å²) in [7, 11) is 0. The van der Waals surface area contributed by atoms with E-state index in [1.807, 2.05) is 0 Å². The van der Waals surface area contributed by atoms with Crippen LogP contribution in [-0.2, 0) is 9.53 Å². The second kappa shape index (κ2) is 5.99. The fourth-order valence-electron chi connectivity index (χ4n) is 5.58. The van der Waals surface area contributed by atoms with Gasteiger partial charge in [-0.05, 0) is 53.9 Å². The highest BCUT2D eigenvalue weighted by molar-refractivity contribution is 5.85. The molecular formula is C20H30O4. The maximum absolute atomic E-state index is 11.3. The zero-order valence-corrected chi connectivity index (χ0v) is 15.0. The molecule has 0 saturated heterocycles. The van der Waals surface area contributed by atoms with Crippen LogP contribution in [-0.4, -0.2) is 35.0 Å². The highest BCUT2D eigenvalue weighted by atomic mass is 16.5. The van der Waals surface area contributed by atoms with Gasteiger partial charge in [-0.1, -0.05) is 33.8 Å². The minimum atomic E-state index is -0.717. The molecule has 1 heterocycles. The molecule has 1 aliphatic heterocycles. The van der Waals surface area contributed by atoms with Gasteiger partial charge in [0.15, 0.2) is 0 Å². The summed E-state index contributed by atoms with van der Waals surface area (Å²) in [4.78, 5) is 11.3. The SMILES string of the molecule is C=C1[C@H](O)C[C@H]2C(C)(C)CCC[C@]2(C)[C@H]1C[C@@H](O)C1=CC(=O)OC1. The Morgan fingerprint density at radius 1 is 1.38 bits per heavy atom. The van der Waals surface area contributed by atoms with Gasteiger partial charge in [0.2, 0.25) is 0 Å². The van der Waals surface area contributed by atoms with Crippen molar-refractivity contribution in [3.05, 3.63) is 23.8 Å². The molecule has 0 aromatic rings. The number of carbonyl (C=O) groups is 1. The first-order valence-corrected chi connectivity index (χ1v) is 9.07. The van der Waals surface area contributed by atoms with Crippen LogP contribution >= 0.6 is 0 Å². The van der Waals surface area contributed by atoms with E-state index in [0.717, 1.165) is 18.4 Å². The van der Waals surface area contributed by atoms with E-state index in [1.165, 1.54) is 18.9 Å². The molecule has 5 atom stereocenters. The molecule has 0 unspecified atom stereocenters. The molecule has 2 N–H and O–H groups in total. The Kier molecular flexibility index (Phi) is 4.42.